The predicted molar refractivity (Wildman–Crippen MR) is 97.0 cm³/mol. The van der Waals surface area contributed by atoms with Gasteiger partial charge in [-0.25, -0.2) is 8.42 Å². The molecule has 6 nitrogen and oxygen atoms in total. The maximum Gasteiger partial charge on any atom is 0.244 e. The van der Waals surface area contributed by atoms with Crippen LogP contribution < -0.4 is 11.1 Å². The zero-order valence-corrected chi connectivity index (χ0v) is 15.9. The summed E-state index contributed by atoms with van der Waals surface area (Å²) in [4.78, 5) is 12.2. The van der Waals surface area contributed by atoms with Crippen LogP contribution in [-0.4, -0.2) is 44.8 Å². The Balaban J connectivity index is 0.00000288. The third-order valence-corrected chi connectivity index (χ3v) is 6.25. The predicted octanol–water partition coefficient (Wildman–Crippen LogP) is 1.55. The quantitative estimate of drug-likeness (QED) is 0.790. The highest BCUT2D eigenvalue weighted by Gasteiger charge is 2.34. The molecule has 2 rings (SSSR count). The minimum absolute atomic E-state index is 0. The number of nitrogens with two attached hydrogens (primary N) is 1. The van der Waals surface area contributed by atoms with E-state index >= 15 is 0 Å². The monoisotopic (exact) mass is 395 g/mol. The highest BCUT2D eigenvalue weighted by Crippen LogP contribution is 2.29. The first-order valence-corrected chi connectivity index (χ1v) is 9.42. The molecule has 1 aromatic carbocycles. The van der Waals surface area contributed by atoms with Crippen molar-refractivity contribution >= 4 is 39.9 Å². The van der Waals surface area contributed by atoms with Gasteiger partial charge in [0.05, 0.1) is 10.9 Å². The first kappa shape index (κ1) is 21.2. The molecule has 1 fully saturated rings. The van der Waals surface area contributed by atoms with Crippen LogP contribution in [0.3, 0.4) is 0 Å². The lowest BCUT2D eigenvalue weighted by atomic mass is 9.99. The lowest BCUT2D eigenvalue weighted by Crippen LogP contribution is -2.46. The number of hydrogen-bond donors (Lipinski definition) is 2. The van der Waals surface area contributed by atoms with Crippen molar-refractivity contribution in [3.05, 3.63) is 28.8 Å². The van der Waals surface area contributed by atoms with Gasteiger partial charge in [0.25, 0.3) is 0 Å². The van der Waals surface area contributed by atoms with Crippen LogP contribution >= 0.6 is 24.0 Å². The van der Waals surface area contributed by atoms with Gasteiger partial charge in [-0.3, -0.25) is 4.79 Å². The zero-order chi connectivity index (χ0) is 17.0. The Hall–Kier alpha value is -0.860. The maximum absolute atomic E-state index is 12.8. The minimum Gasteiger partial charge on any atom is -0.355 e. The van der Waals surface area contributed by atoms with Gasteiger partial charge < -0.3 is 11.1 Å². The van der Waals surface area contributed by atoms with Crippen molar-refractivity contribution < 1.29 is 13.2 Å². The second-order valence-corrected chi connectivity index (χ2v) is 8.03. The molecule has 24 heavy (non-hydrogen) atoms. The molecule has 0 bridgehead atoms. The average Bonchev–Trinajstić information content (AvgIpc) is 2.52. The summed E-state index contributed by atoms with van der Waals surface area (Å²) in [5, 5.41) is 2.93. The van der Waals surface area contributed by atoms with Gasteiger partial charge in [0, 0.05) is 26.2 Å². The Morgan fingerprint density at radius 3 is 2.79 bits per heavy atom. The molecule has 3 N–H and O–H groups in total. The summed E-state index contributed by atoms with van der Waals surface area (Å²) in [7, 11) is -3.70. The Morgan fingerprint density at radius 1 is 1.46 bits per heavy atom. The SMILES string of the molecule is Cc1ccc(S(=O)(=O)N2CCCC(C(=O)NCCN)C2)c(Cl)c1.Cl. The van der Waals surface area contributed by atoms with E-state index in [0.29, 0.717) is 32.5 Å². The number of aryl methyl sites for hydroxylation is 1. The van der Waals surface area contributed by atoms with Crippen molar-refractivity contribution in [1.82, 2.24) is 9.62 Å². The molecule has 0 radical (unpaired) electrons. The van der Waals surface area contributed by atoms with Crippen LogP contribution in [0.15, 0.2) is 23.1 Å². The smallest absolute Gasteiger partial charge is 0.244 e. The van der Waals surface area contributed by atoms with Crippen molar-refractivity contribution in [2.75, 3.05) is 26.2 Å². The number of benzene rings is 1. The zero-order valence-electron chi connectivity index (χ0n) is 13.5. The number of carbonyl (C=O) groups is 1. The Morgan fingerprint density at radius 2 is 2.17 bits per heavy atom. The van der Waals surface area contributed by atoms with Crippen molar-refractivity contribution in [2.24, 2.45) is 11.7 Å². The van der Waals surface area contributed by atoms with Gasteiger partial charge in [0.15, 0.2) is 0 Å². The fraction of sp³-hybridized carbons (Fsp3) is 0.533. The molecular formula is C15H23Cl2N3O3S. The molecule has 1 unspecified atom stereocenters. The number of amides is 1. The van der Waals surface area contributed by atoms with Gasteiger partial charge in [-0.05, 0) is 37.5 Å². The highest BCUT2D eigenvalue weighted by molar-refractivity contribution is 7.89. The Kier molecular flexibility index (Phi) is 7.95. The molecule has 9 heteroatoms. The number of piperidine rings is 1. The van der Waals surface area contributed by atoms with E-state index in [0.717, 1.165) is 5.56 Å². The largest absolute Gasteiger partial charge is 0.355 e. The van der Waals surface area contributed by atoms with Gasteiger partial charge >= 0.3 is 0 Å². The average molecular weight is 396 g/mol. The Bertz CT molecular complexity index is 683. The topological polar surface area (TPSA) is 92.5 Å². The first-order valence-electron chi connectivity index (χ1n) is 7.60. The van der Waals surface area contributed by atoms with Crippen molar-refractivity contribution in [3.63, 3.8) is 0 Å². The lowest BCUT2D eigenvalue weighted by Gasteiger charge is -2.31. The third-order valence-electron chi connectivity index (χ3n) is 3.90. The summed E-state index contributed by atoms with van der Waals surface area (Å²) in [5.41, 5.74) is 6.27. The standard InChI is InChI=1S/C15H22ClN3O3S.ClH/c1-11-4-5-14(13(16)9-11)23(21,22)19-8-2-3-12(10-19)15(20)18-7-6-17;/h4-5,9,12H,2-3,6-8,10,17H2,1H3,(H,18,20);1H. The molecule has 1 amide bonds. The minimum atomic E-state index is -3.70. The molecule has 0 aliphatic carbocycles. The number of sulfonamides is 1. The fourth-order valence-electron chi connectivity index (χ4n) is 2.67. The molecule has 0 saturated carbocycles. The molecule has 1 aliphatic heterocycles. The van der Waals surface area contributed by atoms with Gasteiger partial charge in [0.1, 0.15) is 4.90 Å². The van der Waals surface area contributed by atoms with Crippen LogP contribution in [0.4, 0.5) is 0 Å². The number of carbonyl (C=O) groups excluding carboxylic acids is 1. The number of rotatable bonds is 5. The van der Waals surface area contributed by atoms with Crippen molar-refractivity contribution in [3.8, 4) is 0 Å². The van der Waals surface area contributed by atoms with Crippen LogP contribution in [-0.2, 0) is 14.8 Å². The molecule has 0 spiro atoms. The lowest BCUT2D eigenvalue weighted by molar-refractivity contribution is -0.126. The van der Waals surface area contributed by atoms with Gasteiger partial charge in [-0.15, -0.1) is 12.4 Å². The van der Waals surface area contributed by atoms with E-state index in [1.165, 1.54) is 10.4 Å². The summed E-state index contributed by atoms with van der Waals surface area (Å²) >= 11 is 6.10. The Labute approximate surface area is 154 Å². The molecule has 0 aromatic heterocycles. The van der Waals surface area contributed by atoms with E-state index in [1.54, 1.807) is 12.1 Å². The number of hydrogen-bond acceptors (Lipinski definition) is 4. The molecular weight excluding hydrogens is 373 g/mol. The number of nitrogens with zero attached hydrogens (tertiary/aromatic N) is 1. The van der Waals surface area contributed by atoms with Crippen LogP contribution in [0.1, 0.15) is 18.4 Å². The summed E-state index contributed by atoms with van der Waals surface area (Å²) in [6.07, 6.45) is 1.31. The highest BCUT2D eigenvalue weighted by atomic mass is 35.5. The van der Waals surface area contributed by atoms with Gasteiger partial charge in [0.2, 0.25) is 15.9 Å². The second kappa shape index (κ2) is 9.01. The first-order chi connectivity index (χ1) is 10.9. The molecule has 1 heterocycles. The fourth-order valence-corrected chi connectivity index (χ4v) is 4.77. The third kappa shape index (κ3) is 4.83. The van der Waals surface area contributed by atoms with E-state index in [4.69, 9.17) is 17.3 Å². The van der Waals surface area contributed by atoms with Crippen LogP contribution in [0.2, 0.25) is 5.02 Å². The maximum atomic E-state index is 12.8. The van der Waals surface area contributed by atoms with Crippen LogP contribution in [0.5, 0.6) is 0 Å². The number of nitrogens with one attached hydrogen (secondary N) is 1. The summed E-state index contributed by atoms with van der Waals surface area (Å²) in [5.74, 6) is -0.500. The van der Waals surface area contributed by atoms with Crippen LogP contribution in [0, 0.1) is 12.8 Å². The summed E-state index contributed by atoms with van der Waals surface area (Å²) < 4.78 is 26.9. The summed E-state index contributed by atoms with van der Waals surface area (Å²) in [6.45, 7) is 3.17. The molecule has 1 saturated heterocycles. The molecule has 136 valence electrons. The molecule has 1 atom stereocenters. The number of halogens is 2. The van der Waals surface area contributed by atoms with E-state index in [1.807, 2.05) is 6.92 Å². The molecule has 1 aliphatic rings. The normalized spacial score (nSPS) is 18.7. The van der Waals surface area contributed by atoms with E-state index < -0.39 is 10.0 Å². The van der Waals surface area contributed by atoms with E-state index in [2.05, 4.69) is 5.32 Å². The van der Waals surface area contributed by atoms with Gasteiger partial charge in [-0.2, -0.15) is 4.31 Å². The van der Waals surface area contributed by atoms with E-state index in [-0.39, 0.29) is 40.7 Å². The summed E-state index contributed by atoms with van der Waals surface area (Å²) in [6, 6.07) is 4.86. The van der Waals surface area contributed by atoms with Crippen LogP contribution in [0.25, 0.3) is 0 Å². The van der Waals surface area contributed by atoms with E-state index in [9.17, 15) is 13.2 Å². The second-order valence-electron chi connectivity index (χ2n) is 5.72. The van der Waals surface area contributed by atoms with Crippen molar-refractivity contribution in [2.45, 2.75) is 24.7 Å². The van der Waals surface area contributed by atoms with Crippen molar-refractivity contribution in [1.29, 1.82) is 0 Å². The molecule has 1 aromatic rings. The van der Waals surface area contributed by atoms with Gasteiger partial charge in [-0.1, -0.05) is 17.7 Å².